The van der Waals surface area contributed by atoms with E-state index in [4.69, 9.17) is 9.47 Å². The fourth-order valence-electron chi connectivity index (χ4n) is 3.75. The molecule has 7 nitrogen and oxygen atoms in total. The largest absolute Gasteiger partial charge is 0.489 e. The van der Waals surface area contributed by atoms with Gasteiger partial charge in [-0.3, -0.25) is 10.1 Å². The standard InChI is InChI=1S/C25H30N2O5/c1-3-13-31-25(30)26-22-15-23(32-17-19-9-5-4-6-10-19)18(2)14-21(22)24(29)27-12-8-7-11-20(27)16-28/h3-6,9-10,14-15,20,28H,1,7-8,11-13,16-17H2,2H3,(H,26,30)/t20-/m0/s1. The molecule has 170 valence electrons. The summed E-state index contributed by atoms with van der Waals surface area (Å²) >= 11 is 0. The van der Waals surface area contributed by atoms with Gasteiger partial charge in [0.25, 0.3) is 5.91 Å². The van der Waals surface area contributed by atoms with Gasteiger partial charge in [0.15, 0.2) is 0 Å². The highest BCUT2D eigenvalue weighted by Gasteiger charge is 2.29. The third-order valence-electron chi connectivity index (χ3n) is 5.45. The Bertz CT molecular complexity index is 945. The number of nitrogens with one attached hydrogen (secondary N) is 1. The highest BCUT2D eigenvalue weighted by atomic mass is 16.5. The quantitative estimate of drug-likeness (QED) is 0.600. The van der Waals surface area contributed by atoms with Crippen molar-refractivity contribution in [2.75, 3.05) is 25.1 Å². The molecule has 3 rings (SSSR count). The maximum absolute atomic E-state index is 13.4. The lowest BCUT2D eigenvalue weighted by atomic mass is 10.00. The maximum Gasteiger partial charge on any atom is 0.411 e. The van der Waals surface area contributed by atoms with E-state index in [9.17, 15) is 14.7 Å². The van der Waals surface area contributed by atoms with E-state index in [1.54, 1.807) is 17.0 Å². The molecule has 0 unspecified atom stereocenters. The van der Waals surface area contributed by atoms with Gasteiger partial charge in [0, 0.05) is 12.6 Å². The zero-order valence-corrected chi connectivity index (χ0v) is 18.4. The van der Waals surface area contributed by atoms with E-state index in [1.807, 2.05) is 37.3 Å². The molecular formula is C25H30N2O5. The molecule has 0 aliphatic carbocycles. The number of aliphatic hydroxyl groups excluding tert-OH is 1. The molecule has 0 radical (unpaired) electrons. The maximum atomic E-state index is 13.4. The molecule has 1 atom stereocenters. The van der Waals surface area contributed by atoms with Crippen LogP contribution in [0.4, 0.5) is 10.5 Å². The normalized spacial score (nSPS) is 15.7. The molecule has 2 N–H and O–H groups in total. The Morgan fingerprint density at radius 1 is 1.25 bits per heavy atom. The van der Waals surface area contributed by atoms with Crippen LogP contribution in [0.15, 0.2) is 55.1 Å². The summed E-state index contributed by atoms with van der Waals surface area (Å²) in [4.78, 5) is 27.3. The first kappa shape index (κ1) is 23.3. The molecule has 0 saturated carbocycles. The Balaban J connectivity index is 1.89. The molecule has 1 heterocycles. The molecule has 2 aromatic rings. The summed E-state index contributed by atoms with van der Waals surface area (Å²) in [6.45, 7) is 6.27. The number of aryl methyl sites for hydroxylation is 1. The van der Waals surface area contributed by atoms with Gasteiger partial charge in [-0.2, -0.15) is 0 Å². The zero-order chi connectivity index (χ0) is 22.9. The first-order valence-corrected chi connectivity index (χ1v) is 10.8. The third kappa shape index (κ3) is 5.88. The van der Waals surface area contributed by atoms with Crippen molar-refractivity contribution in [3.8, 4) is 5.75 Å². The molecule has 2 aromatic carbocycles. The summed E-state index contributed by atoms with van der Waals surface area (Å²) in [7, 11) is 0. The summed E-state index contributed by atoms with van der Waals surface area (Å²) in [5, 5.41) is 12.4. The number of piperidine rings is 1. The van der Waals surface area contributed by atoms with Crippen molar-refractivity contribution >= 4 is 17.7 Å². The molecule has 1 saturated heterocycles. The van der Waals surface area contributed by atoms with Crippen LogP contribution < -0.4 is 10.1 Å². The zero-order valence-electron chi connectivity index (χ0n) is 18.4. The number of hydrogen-bond donors (Lipinski definition) is 2. The van der Waals surface area contributed by atoms with Crippen LogP contribution in [0, 0.1) is 6.92 Å². The number of hydrogen-bond acceptors (Lipinski definition) is 5. The third-order valence-corrected chi connectivity index (χ3v) is 5.45. The van der Waals surface area contributed by atoms with Crippen molar-refractivity contribution < 1.29 is 24.2 Å². The van der Waals surface area contributed by atoms with Crippen LogP contribution in [0.25, 0.3) is 0 Å². The summed E-state index contributed by atoms with van der Waals surface area (Å²) in [5.74, 6) is 0.322. The van der Waals surface area contributed by atoms with Crippen molar-refractivity contribution in [3.05, 3.63) is 71.8 Å². The van der Waals surface area contributed by atoms with E-state index < -0.39 is 6.09 Å². The van der Waals surface area contributed by atoms with E-state index in [0.717, 1.165) is 30.4 Å². The molecule has 2 amide bonds. The van der Waals surface area contributed by atoms with Gasteiger partial charge in [-0.15, -0.1) is 0 Å². The number of anilines is 1. The number of aliphatic hydroxyl groups is 1. The van der Waals surface area contributed by atoms with Crippen LogP contribution in [0.3, 0.4) is 0 Å². The monoisotopic (exact) mass is 438 g/mol. The van der Waals surface area contributed by atoms with Gasteiger partial charge in [0.1, 0.15) is 19.0 Å². The number of benzene rings is 2. The van der Waals surface area contributed by atoms with Gasteiger partial charge < -0.3 is 19.5 Å². The number of likely N-dealkylation sites (tertiary alicyclic amines) is 1. The SMILES string of the molecule is C=CCOC(=O)Nc1cc(OCc2ccccc2)c(C)cc1C(=O)N1CCCC[C@H]1CO. The number of carbonyl (C=O) groups excluding carboxylic acids is 2. The van der Waals surface area contributed by atoms with Gasteiger partial charge >= 0.3 is 6.09 Å². The molecule has 0 bridgehead atoms. The lowest BCUT2D eigenvalue weighted by molar-refractivity contribution is 0.0504. The second-order valence-electron chi connectivity index (χ2n) is 7.78. The van der Waals surface area contributed by atoms with Gasteiger partial charge in [-0.1, -0.05) is 43.0 Å². The van der Waals surface area contributed by atoms with Crippen molar-refractivity contribution in [1.29, 1.82) is 0 Å². The Hall–Kier alpha value is -3.32. The van der Waals surface area contributed by atoms with Crippen molar-refractivity contribution in [2.24, 2.45) is 0 Å². The van der Waals surface area contributed by atoms with Gasteiger partial charge in [-0.05, 0) is 43.4 Å². The molecule has 32 heavy (non-hydrogen) atoms. The number of amides is 2. The predicted molar refractivity (Wildman–Crippen MR) is 123 cm³/mol. The second-order valence-corrected chi connectivity index (χ2v) is 7.78. The average Bonchev–Trinajstić information content (AvgIpc) is 2.82. The first-order chi connectivity index (χ1) is 15.5. The number of ether oxygens (including phenoxy) is 2. The summed E-state index contributed by atoms with van der Waals surface area (Å²) in [6.07, 6.45) is 3.38. The molecule has 0 spiro atoms. The fourth-order valence-corrected chi connectivity index (χ4v) is 3.75. The highest BCUT2D eigenvalue weighted by molar-refractivity contribution is 6.03. The topological polar surface area (TPSA) is 88.1 Å². The second kappa shape index (κ2) is 11.3. The van der Waals surface area contributed by atoms with Gasteiger partial charge in [0.2, 0.25) is 0 Å². The number of nitrogens with zero attached hydrogens (tertiary/aromatic N) is 1. The predicted octanol–water partition coefficient (Wildman–Crippen LogP) is 4.30. The van der Waals surface area contributed by atoms with Crippen molar-refractivity contribution in [3.63, 3.8) is 0 Å². The first-order valence-electron chi connectivity index (χ1n) is 10.8. The molecule has 7 heteroatoms. The Labute approximate surface area is 188 Å². The fraction of sp³-hybridized carbons (Fsp3) is 0.360. The van der Waals surface area contributed by atoms with Gasteiger partial charge in [-0.25, -0.2) is 4.79 Å². The molecular weight excluding hydrogens is 408 g/mol. The summed E-state index contributed by atoms with van der Waals surface area (Å²) < 4.78 is 11.0. The Morgan fingerprint density at radius 2 is 2.03 bits per heavy atom. The lowest BCUT2D eigenvalue weighted by Gasteiger charge is -2.35. The van der Waals surface area contributed by atoms with Crippen molar-refractivity contribution in [1.82, 2.24) is 4.90 Å². The van der Waals surface area contributed by atoms with Crippen LogP contribution in [0.5, 0.6) is 5.75 Å². The Morgan fingerprint density at radius 3 is 2.75 bits per heavy atom. The van der Waals surface area contributed by atoms with E-state index in [1.165, 1.54) is 6.08 Å². The van der Waals surface area contributed by atoms with E-state index in [0.29, 0.717) is 30.2 Å². The molecule has 1 aliphatic rings. The number of rotatable bonds is 8. The number of carbonyl (C=O) groups is 2. The summed E-state index contributed by atoms with van der Waals surface area (Å²) in [6, 6.07) is 12.9. The van der Waals surface area contributed by atoms with Crippen LogP contribution in [-0.4, -0.2) is 47.8 Å². The van der Waals surface area contributed by atoms with Crippen LogP contribution in [0.2, 0.25) is 0 Å². The Kier molecular flexibility index (Phi) is 8.27. The molecule has 1 aliphatic heterocycles. The lowest BCUT2D eigenvalue weighted by Crippen LogP contribution is -2.45. The smallest absolute Gasteiger partial charge is 0.411 e. The highest BCUT2D eigenvalue weighted by Crippen LogP contribution is 2.30. The molecule has 1 fully saturated rings. The average molecular weight is 439 g/mol. The summed E-state index contributed by atoms with van der Waals surface area (Å²) in [5.41, 5.74) is 2.42. The van der Waals surface area contributed by atoms with E-state index >= 15 is 0 Å². The van der Waals surface area contributed by atoms with Gasteiger partial charge in [0.05, 0.1) is 23.9 Å². The van der Waals surface area contributed by atoms with Crippen LogP contribution >= 0.6 is 0 Å². The minimum absolute atomic E-state index is 0.0526. The van der Waals surface area contributed by atoms with E-state index in [2.05, 4.69) is 11.9 Å². The van der Waals surface area contributed by atoms with Crippen LogP contribution in [-0.2, 0) is 11.3 Å². The van der Waals surface area contributed by atoms with Crippen LogP contribution in [0.1, 0.15) is 40.7 Å². The molecule has 0 aromatic heterocycles. The minimum Gasteiger partial charge on any atom is -0.489 e. The van der Waals surface area contributed by atoms with E-state index in [-0.39, 0.29) is 25.2 Å². The minimum atomic E-state index is -0.686. The van der Waals surface area contributed by atoms with Crippen molar-refractivity contribution in [2.45, 2.75) is 38.8 Å².